The first-order valence-electron chi connectivity index (χ1n) is 12.7. The molecule has 2 aliphatic rings. The Morgan fingerprint density at radius 1 is 0.829 bits per heavy atom. The Balaban J connectivity index is 1.12. The molecule has 0 saturated carbocycles. The SMILES string of the molecule is COc1ccc(CCN2CCN(C(=O)C3CCN(C(=O)CCOc4ccccc4)CC3)CC2)cc1. The minimum atomic E-state index is 0.0328. The molecule has 4 rings (SSSR count). The molecular formula is C28H37N3O4. The number of hydrogen-bond donors (Lipinski definition) is 0. The molecule has 35 heavy (non-hydrogen) atoms. The zero-order valence-corrected chi connectivity index (χ0v) is 20.7. The molecule has 7 heteroatoms. The summed E-state index contributed by atoms with van der Waals surface area (Å²) < 4.78 is 10.9. The summed E-state index contributed by atoms with van der Waals surface area (Å²) in [6.45, 7) is 6.11. The predicted molar refractivity (Wildman–Crippen MR) is 136 cm³/mol. The maximum Gasteiger partial charge on any atom is 0.225 e. The summed E-state index contributed by atoms with van der Waals surface area (Å²) >= 11 is 0. The summed E-state index contributed by atoms with van der Waals surface area (Å²) in [6.07, 6.45) is 2.87. The smallest absolute Gasteiger partial charge is 0.225 e. The molecule has 0 aliphatic carbocycles. The van der Waals surface area contributed by atoms with Crippen LogP contribution in [0.1, 0.15) is 24.8 Å². The van der Waals surface area contributed by atoms with Crippen LogP contribution in [0.25, 0.3) is 0 Å². The van der Waals surface area contributed by atoms with Crippen LogP contribution in [-0.2, 0) is 16.0 Å². The number of likely N-dealkylation sites (tertiary alicyclic amines) is 1. The molecule has 0 aromatic heterocycles. The molecule has 0 atom stereocenters. The van der Waals surface area contributed by atoms with Gasteiger partial charge in [0, 0.05) is 51.7 Å². The van der Waals surface area contributed by atoms with E-state index in [1.807, 2.05) is 52.3 Å². The van der Waals surface area contributed by atoms with Crippen LogP contribution in [0.15, 0.2) is 54.6 Å². The lowest BCUT2D eigenvalue weighted by atomic mass is 9.94. The van der Waals surface area contributed by atoms with E-state index in [9.17, 15) is 9.59 Å². The zero-order chi connectivity index (χ0) is 24.5. The highest BCUT2D eigenvalue weighted by atomic mass is 16.5. The molecule has 0 N–H and O–H groups in total. The zero-order valence-electron chi connectivity index (χ0n) is 20.7. The molecule has 2 amide bonds. The van der Waals surface area contributed by atoms with Gasteiger partial charge < -0.3 is 19.3 Å². The minimum absolute atomic E-state index is 0.0328. The number of benzene rings is 2. The maximum atomic E-state index is 13.1. The van der Waals surface area contributed by atoms with Gasteiger partial charge in [0.25, 0.3) is 0 Å². The molecule has 188 valence electrons. The van der Waals surface area contributed by atoms with Crippen molar-refractivity contribution >= 4 is 11.8 Å². The monoisotopic (exact) mass is 479 g/mol. The number of piperidine rings is 1. The van der Waals surface area contributed by atoms with Crippen molar-refractivity contribution in [3.8, 4) is 11.5 Å². The Labute approximate surface area is 208 Å². The minimum Gasteiger partial charge on any atom is -0.497 e. The van der Waals surface area contributed by atoms with Gasteiger partial charge in [-0.1, -0.05) is 30.3 Å². The van der Waals surface area contributed by atoms with E-state index < -0.39 is 0 Å². The van der Waals surface area contributed by atoms with Crippen molar-refractivity contribution in [2.24, 2.45) is 5.92 Å². The second-order valence-corrected chi connectivity index (χ2v) is 9.33. The van der Waals surface area contributed by atoms with Gasteiger partial charge in [-0.2, -0.15) is 0 Å². The van der Waals surface area contributed by atoms with E-state index in [-0.39, 0.29) is 17.7 Å². The topological polar surface area (TPSA) is 62.3 Å². The van der Waals surface area contributed by atoms with Gasteiger partial charge in [-0.15, -0.1) is 0 Å². The molecule has 2 aromatic carbocycles. The van der Waals surface area contributed by atoms with E-state index in [2.05, 4.69) is 17.0 Å². The van der Waals surface area contributed by atoms with Crippen molar-refractivity contribution in [3.63, 3.8) is 0 Å². The standard InChI is InChI=1S/C28H37N3O4/c1-34-25-9-7-23(8-10-25)11-15-29-18-20-31(21-19-29)28(33)24-12-16-30(17-13-24)27(32)14-22-35-26-5-3-2-4-6-26/h2-10,24H,11-22H2,1H3. The van der Waals surface area contributed by atoms with Crippen LogP contribution in [0.3, 0.4) is 0 Å². The summed E-state index contributed by atoms with van der Waals surface area (Å²) in [7, 11) is 1.68. The van der Waals surface area contributed by atoms with Gasteiger partial charge in [0.2, 0.25) is 11.8 Å². The first-order chi connectivity index (χ1) is 17.1. The highest BCUT2D eigenvalue weighted by Crippen LogP contribution is 2.21. The van der Waals surface area contributed by atoms with Crippen molar-refractivity contribution < 1.29 is 19.1 Å². The number of nitrogens with zero attached hydrogens (tertiary/aromatic N) is 3. The molecule has 0 radical (unpaired) electrons. The van der Waals surface area contributed by atoms with E-state index in [1.165, 1.54) is 5.56 Å². The van der Waals surface area contributed by atoms with Gasteiger partial charge in [-0.25, -0.2) is 0 Å². The predicted octanol–water partition coefficient (Wildman–Crippen LogP) is 3.09. The largest absolute Gasteiger partial charge is 0.497 e. The average Bonchev–Trinajstić information content (AvgIpc) is 2.92. The van der Waals surface area contributed by atoms with E-state index in [4.69, 9.17) is 9.47 Å². The van der Waals surface area contributed by atoms with Crippen molar-refractivity contribution in [2.45, 2.75) is 25.7 Å². The number of piperazine rings is 1. The van der Waals surface area contributed by atoms with Gasteiger partial charge in [0.15, 0.2) is 0 Å². The number of rotatable bonds is 9. The van der Waals surface area contributed by atoms with Gasteiger partial charge in [-0.05, 0) is 49.1 Å². The fourth-order valence-electron chi connectivity index (χ4n) is 4.84. The molecule has 0 spiro atoms. The summed E-state index contributed by atoms with van der Waals surface area (Å²) in [6, 6.07) is 17.8. The second-order valence-electron chi connectivity index (χ2n) is 9.33. The Morgan fingerprint density at radius 2 is 1.51 bits per heavy atom. The Kier molecular flexibility index (Phi) is 9.01. The number of amides is 2. The third-order valence-electron chi connectivity index (χ3n) is 7.08. The lowest BCUT2D eigenvalue weighted by Gasteiger charge is -2.38. The Morgan fingerprint density at radius 3 is 2.17 bits per heavy atom. The quantitative estimate of drug-likeness (QED) is 0.553. The summed E-state index contributed by atoms with van der Waals surface area (Å²) in [5, 5.41) is 0. The van der Waals surface area contributed by atoms with E-state index >= 15 is 0 Å². The van der Waals surface area contributed by atoms with Crippen LogP contribution in [0.4, 0.5) is 0 Å². The van der Waals surface area contributed by atoms with Crippen molar-refractivity contribution in [1.82, 2.24) is 14.7 Å². The molecule has 2 heterocycles. The highest BCUT2D eigenvalue weighted by molar-refractivity contribution is 5.80. The highest BCUT2D eigenvalue weighted by Gasteiger charge is 2.31. The third-order valence-corrected chi connectivity index (χ3v) is 7.08. The van der Waals surface area contributed by atoms with Gasteiger partial charge >= 0.3 is 0 Å². The lowest BCUT2D eigenvalue weighted by molar-refractivity contribution is -0.142. The van der Waals surface area contributed by atoms with E-state index in [1.54, 1.807) is 7.11 Å². The van der Waals surface area contributed by atoms with Crippen LogP contribution in [0.2, 0.25) is 0 Å². The van der Waals surface area contributed by atoms with Crippen molar-refractivity contribution in [3.05, 3.63) is 60.2 Å². The van der Waals surface area contributed by atoms with E-state index in [0.29, 0.717) is 26.1 Å². The fraction of sp³-hybridized carbons (Fsp3) is 0.500. The van der Waals surface area contributed by atoms with Crippen LogP contribution in [0, 0.1) is 5.92 Å². The van der Waals surface area contributed by atoms with Crippen LogP contribution < -0.4 is 9.47 Å². The number of carbonyl (C=O) groups is 2. The first-order valence-corrected chi connectivity index (χ1v) is 12.7. The first kappa shape index (κ1) is 25.0. The van der Waals surface area contributed by atoms with Crippen LogP contribution in [-0.4, -0.2) is 86.0 Å². The van der Waals surface area contributed by atoms with Crippen LogP contribution >= 0.6 is 0 Å². The van der Waals surface area contributed by atoms with Crippen molar-refractivity contribution in [2.75, 3.05) is 59.5 Å². The molecule has 2 saturated heterocycles. The summed E-state index contributed by atoms with van der Waals surface area (Å²) in [4.78, 5) is 32.0. The molecule has 2 aromatic rings. The number of carbonyl (C=O) groups excluding carboxylic acids is 2. The molecule has 2 aliphatic heterocycles. The van der Waals surface area contributed by atoms with Gasteiger partial charge in [-0.3, -0.25) is 14.5 Å². The number of ether oxygens (including phenoxy) is 2. The van der Waals surface area contributed by atoms with E-state index in [0.717, 1.165) is 63.5 Å². The molecule has 7 nitrogen and oxygen atoms in total. The number of hydrogen-bond acceptors (Lipinski definition) is 5. The van der Waals surface area contributed by atoms with Crippen LogP contribution in [0.5, 0.6) is 11.5 Å². The van der Waals surface area contributed by atoms with Gasteiger partial charge in [0.05, 0.1) is 20.1 Å². The lowest BCUT2D eigenvalue weighted by Crippen LogP contribution is -2.52. The molecule has 0 bridgehead atoms. The molecule has 2 fully saturated rings. The van der Waals surface area contributed by atoms with Gasteiger partial charge in [0.1, 0.15) is 11.5 Å². The summed E-state index contributed by atoms with van der Waals surface area (Å²) in [5.74, 6) is 2.07. The normalized spacial score (nSPS) is 17.3. The fourth-order valence-corrected chi connectivity index (χ4v) is 4.84. The molecule has 0 unspecified atom stereocenters. The van der Waals surface area contributed by atoms with Crippen molar-refractivity contribution in [1.29, 1.82) is 0 Å². The third kappa shape index (κ3) is 7.21. The number of para-hydroxylation sites is 1. The summed E-state index contributed by atoms with van der Waals surface area (Å²) in [5.41, 5.74) is 1.30. The Bertz CT molecular complexity index is 934. The Hall–Kier alpha value is -3.06. The maximum absolute atomic E-state index is 13.1. The average molecular weight is 480 g/mol. The second kappa shape index (κ2) is 12.6. The number of methoxy groups -OCH3 is 1. The molecular weight excluding hydrogens is 442 g/mol.